The second kappa shape index (κ2) is 8.85. The quantitative estimate of drug-likeness (QED) is 0.772. The lowest BCUT2D eigenvalue weighted by molar-refractivity contribution is -0.323. The number of hydrogen-bond donors (Lipinski definition) is 0. The number of nitrogens with zero attached hydrogens (tertiary/aromatic N) is 1. The van der Waals surface area contributed by atoms with Gasteiger partial charge < -0.3 is 9.47 Å². The van der Waals surface area contributed by atoms with Gasteiger partial charge in [-0.2, -0.15) is 0 Å². The molecule has 0 unspecified atom stereocenters. The summed E-state index contributed by atoms with van der Waals surface area (Å²) in [6.45, 7) is 4.04. The topological polar surface area (TPSA) is 21.7 Å². The van der Waals surface area contributed by atoms with Crippen LogP contribution >= 0.6 is 12.4 Å². The van der Waals surface area contributed by atoms with Crippen molar-refractivity contribution in [1.29, 1.82) is 0 Å². The van der Waals surface area contributed by atoms with Crippen molar-refractivity contribution in [2.75, 3.05) is 26.3 Å². The first-order valence-electron chi connectivity index (χ1n) is 9.96. The van der Waals surface area contributed by atoms with Crippen molar-refractivity contribution in [2.24, 2.45) is 5.92 Å². The van der Waals surface area contributed by atoms with Crippen molar-refractivity contribution < 1.29 is 9.47 Å². The van der Waals surface area contributed by atoms with Crippen molar-refractivity contribution in [2.45, 2.75) is 63.2 Å². The minimum absolute atomic E-state index is 0. The molecule has 3 aliphatic rings. The summed E-state index contributed by atoms with van der Waals surface area (Å²) >= 11 is 0. The van der Waals surface area contributed by atoms with Crippen LogP contribution in [0.3, 0.4) is 0 Å². The Morgan fingerprint density at radius 3 is 2.04 bits per heavy atom. The Labute approximate surface area is 158 Å². The maximum Gasteiger partial charge on any atom is 0.197 e. The first-order valence-corrected chi connectivity index (χ1v) is 9.96. The second-order valence-electron chi connectivity index (χ2n) is 7.74. The zero-order valence-electron chi connectivity index (χ0n) is 15.2. The van der Waals surface area contributed by atoms with E-state index in [2.05, 4.69) is 35.2 Å². The first-order chi connectivity index (χ1) is 11.9. The number of likely N-dealkylation sites (tertiary alicyclic amines) is 1. The van der Waals surface area contributed by atoms with Gasteiger partial charge in [0.05, 0.1) is 19.3 Å². The SMILES string of the molecule is Cl.c1ccc(C2(C3CCCCC3)OCC(N3CCCCC3)CO2)cc1. The predicted molar refractivity (Wildman–Crippen MR) is 103 cm³/mol. The molecule has 25 heavy (non-hydrogen) atoms. The van der Waals surface area contributed by atoms with Crippen molar-refractivity contribution in [3.05, 3.63) is 35.9 Å². The number of ether oxygens (including phenoxy) is 2. The van der Waals surface area contributed by atoms with E-state index in [1.807, 2.05) is 0 Å². The van der Waals surface area contributed by atoms with Crippen LogP contribution in [-0.4, -0.2) is 37.2 Å². The smallest absolute Gasteiger partial charge is 0.197 e. The molecule has 4 heteroatoms. The van der Waals surface area contributed by atoms with Gasteiger partial charge in [-0.1, -0.05) is 56.0 Å². The van der Waals surface area contributed by atoms with Gasteiger partial charge in [0.2, 0.25) is 0 Å². The van der Waals surface area contributed by atoms with E-state index >= 15 is 0 Å². The van der Waals surface area contributed by atoms with Crippen molar-refractivity contribution >= 4 is 12.4 Å². The molecule has 2 saturated heterocycles. The van der Waals surface area contributed by atoms with Gasteiger partial charge in [0, 0.05) is 11.5 Å². The number of halogens is 1. The van der Waals surface area contributed by atoms with Crippen LogP contribution in [0.15, 0.2) is 30.3 Å². The molecule has 1 aromatic carbocycles. The van der Waals surface area contributed by atoms with Gasteiger partial charge in [-0.25, -0.2) is 0 Å². The Bertz CT molecular complexity index is 504. The summed E-state index contributed by atoms with van der Waals surface area (Å²) in [7, 11) is 0. The van der Waals surface area contributed by atoms with Gasteiger partial charge in [-0.05, 0) is 38.8 Å². The predicted octanol–water partition coefficient (Wildman–Crippen LogP) is 4.74. The zero-order valence-corrected chi connectivity index (χ0v) is 16.0. The van der Waals surface area contributed by atoms with Crippen molar-refractivity contribution in [3.63, 3.8) is 0 Å². The maximum absolute atomic E-state index is 6.59. The molecule has 0 amide bonds. The highest BCUT2D eigenvalue weighted by Gasteiger charge is 2.47. The fraction of sp³-hybridized carbons (Fsp3) is 0.714. The molecule has 0 N–H and O–H groups in total. The minimum atomic E-state index is -0.506. The molecule has 3 fully saturated rings. The summed E-state index contributed by atoms with van der Waals surface area (Å²) in [5.41, 5.74) is 1.22. The van der Waals surface area contributed by atoms with Crippen molar-refractivity contribution in [1.82, 2.24) is 4.90 Å². The molecule has 1 aliphatic carbocycles. The average Bonchev–Trinajstić information content (AvgIpc) is 2.70. The van der Waals surface area contributed by atoms with E-state index in [9.17, 15) is 0 Å². The Balaban J connectivity index is 0.00000182. The Morgan fingerprint density at radius 1 is 0.800 bits per heavy atom. The lowest BCUT2D eigenvalue weighted by atomic mass is 9.79. The molecule has 0 bridgehead atoms. The second-order valence-corrected chi connectivity index (χ2v) is 7.74. The molecular formula is C21H32ClNO2. The van der Waals surface area contributed by atoms with E-state index in [4.69, 9.17) is 9.47 Å². The summed E-state index contributed by atoms with van der Waals surface area (Å²) in [6.07, 6.45) is 10.4. The molecule has 140 valence electrons. The molecule has 2 heterocycles. The van der Waals surface area contributed by atoms with Gasteiger partial charge in [-0.3, -0.25) is 4.90 Å². The summed E-state index contributed by atoms with van der Waals surface area (Å²) in [5.74, 6) is -0.00973. The third-order valence-electron chi connectivity index (χ3n) is 6.21. The molecule has 4 rings (SSSR count). The van der Waals surface area contributed by atoms with E-state index in [0.717, 1.165) is 13.2 Å². The van der Waals surface area contributed by atoms with Crippen LogP contribution in [0.5, 0.6) is 0 Å². The van der Waals surface area contributed by atoms with Gasteiger partial charge in [0.15, 0.2) is 5.79 Å². The zero-order chi connectivity index (χ0) is 16.2. The molecule has 1 aromatic rings. The van der Waals surface area contributed by atoms with Crippen LogP contribution in [0, 0.1) is 5.92 Å². The van der Waals surface area contributed by atoms with Crippen LogP contribution < -0.4 is 0 Å². The Hall–Kier alpha value is -0.610. The maximum atomic E-state index is 6.59. The number of piperidine rings is 1. The van der Waals surface area contributed by atoms with Crippen LogP contribution in [0.2, 0.25) is 0 Å². The Morgan fingerprint density at radius 2 is 1.40 bits per heavy atom. The molecule has 0 atom stereocenters. The molecule has 3 nitrogen and oxygen atoms in total. The standard InChI is InChI=1S/C21H31NO2.ClH/c1-4-10-18(11-5-1)21(19-12-6-2-7-13-19)23-16-20(17-24-21)22-14-8-3-9-15-22;/h1,4-5,10-11,19-20H,2-3,6-9,12-17H2;1H. The first kappa shape index (κ1) is 19.2. The van der Waals surface area contributed by atoms with Gasteiger partial charge in [-0.15, -0.1) is 12.4 Å². The largest absolute Gasteiger partial charge is 0.344 e. The van der Waals surface area contributed by atoms with Crippen molar-refractivity contribution in [3.8, 4) is 0 Å². The van der Waals surface area contributed by atoms with E-state index in [0.29, 0.717) is 12.0 Å². The fourth-order valence-corrected chi connectivity index (χ4v) is 4.82. The van der Waals surface area contributed by atoms with E-state index < -0.39 is 5.79 Å². The summed E-state index contributed by atoms with van der Waals surface area (Å²) in [4.78, 5) is 2.58. The summed E-state index contributed by atoms with van der Waals surface area (Å²) < 4.78 is 13.2. The highest BCUT2D eigenvalue weighted by molar-refractivity contribution is 5.85. The van der Waals surface area contributed by atoms with Crippen LogP contribution in [-0.2, 0) is 15.3 Å². The van der Waals surface area contributed by atoms with Gasteiger partial charge in [0.1, 0.15) is 0 Å². The molecule has 0 radical (unpaired) electrons. The van der Waals surface area contributed by atoms with Crippen LogP contribution in [0.25, 0.3) is 0 Å². The normalized spacial score (nSPS) is 32.1. The highest BCUT2D eigenvalue weighted by Crippen LogP contribution is 2.45. The lowest BCUT2D eigenvalue weighted by Gasteiger charge is -2.48. The third kappa shape index (κ3) is 4.05. The fourth-order valence-electron chi connectivity index (χ4n) is 4.82. The van der Waals surface area contributed by atoms with E-state index in [-0.39, 0.29) is 12.4 Å². The number of benzene rings is 1. The number of rotatable bonds is 3. The molecule has 0 aromatic heterocycles. The van der Waals surface area contributed by atoms with E-state index in [1.54, 1.807) is 0 Å². The highest BCUT2D eigenvalue weighted by atomic mass is 35.5. The molecule has 1 saturated carbocycles. The monoisotopic (exact) mass is 365 g/mol. The summed E-state index contributed by atoms with van der Waals surface area (Å²) in [5, 5.41) is 0. The lowest BCUT2D eigenvalue weighted by Crippen LogP contribution is -2.55. The third-order valence-corrected chi connectivity index (χ3v) is 6.21. The van der Waals surface area contributed by atoms with Gasteiger partial charge in [0.25, 0.3) is 0 Å². The number of hydrogen-bond acceptors (Lipinski definition) is 3. The van der Waals surface area contributed by atoms with Crippen LogP contribution in [0.4, 0.5) is 0 Å². The molecular weight excluding hydrogens is 334 g/mol. The van der Waals surface area contributed by atoms with Gasteiger partial charge >= 0.3 is 0 Å². The molecule has 2 aliphatic heterocycles. The summed E-state index contributed by atoms with van der Waals surface area (Å²) in [6, 6.07) is 11.1. The van der Waals surface area contributed by atoms with E-state index in [1.165, 1.54) is 70.0 Å². The average molecular weight is 366 g/mol. The minimum Gasteiger partial charge on any atom is -0.344 e. The molecule has 0 spiro atoms. The van der Waals surface area contributed by atoms with Crippen LogP contribution in [0.1, 0.15) is 56.9 Å². The Kier molecular flexibility index (Phi) is 6.79.